The second kappa shape index (κ2) is 8.56. The van der Waals surface area contributed by atoms with Crippen LogP contribution in [0.1, 0.15) is 21.5 Å². The van der Waals surface area contributed by atoms with Crippen LogP contribution in [0.2, 0.25) is 0 Å². The Hall–Kier alpha value is -4.31. The highest BCUT2D eigenvalue weighted by Gasteiger charge is 2.22. The molecule has 1 amide bonds. The third-order valence-corrected chi connectivity index (χ3v) is 6.42. The molecule has 0 saturated heterocycles. The maximum atomic E-state index is 13.4. The number of amides is 1. The lowest BCUT2D eigenvalue weighted by molar-refractivity contribution is 0.0735. The Labute approximate surface area is 198 Å². The number of rotatable bonds is 3. The SMILES string of the molecule is O=C(c1ccc2nc(-c3ccccc3)c(-c3ccccc3)nc2c1)N1CCc2ccccc2C1. The molecule has 1 aliphatic rings. The number of carbonyl (C=O) groups excluding carboxylic acids is 1. The van der Waals surface area contributed by atoms with Crippen LogP contribution in [0.3, 0.4) is 0 Å². The van der Waals surface area contributed by atoms with Crippen molar-refractivity contribution in [1.29, 1.82) is 0 Å². The lowest BCUT2D eigenvalue weighted by Crippen LogP contribution is -2.35. The molecule has 0 radical (unpaired) electrons. The second-order valence-electron chi connectivity index (χ2n) is 8.60. The number of hydrogen-bond donors (Lipinski definition) is 0. The summed E-state index contributed by atoms with van der Waals surface area (Å²) in [5.41, 5.74) is 8.37. The molecule has 1 aromatic heterocycles. The van der Waals surface area contributed by atoms with E-state index in [1.54, 1.807) is 0 Å². The first-order valence-electron chi connectivity index (χ1n) is 11.5. The summed E-state index contributed by atoms with van der Waals surface area (Å²) in [5.74, 6) is 0.0339. The van der Waals surface area contributed by atoms with Gasteiger partial charge in [-0.3, -0.25) is 4.79 Å². The highest BCUT2D eigenvalue weighted by molar-refractivity contribution is 5.98. The fraction of sp³-hybridized carbons (Fsp3) is 0.100. The van der Waals surface area contributed by atoms with Gasteiger partial charge in [0.05, 0.1) is 22.4 Å². The lowest BCUT2D eigenvalue weighted by Gasteiger charge is -2.29. The van der Waals surface area contributed by atoms with Crippen LogP contribution in [-0.2, 0) is 13.0 Å². The van der Waals surface area contributed by atoms with Crippen LogP contribution in [0.25, 0.3) is 33.5 Å². The molecule has 0 atom stereocenters. The van der Waals surface area contributed by atoms with Crippen molar-refractivity contribution in [1.82, 2.24) is 14.9 Å². The first kappa shape index (κ1) is 20.3. The molecule has 0 saturated carbocycles. The molecule has 164 valence electrons. The summed E-state index contributed by atoms with van der Waals surface area (Å²) in [7, 11) is 0. The molecule has 0 N–H and O–H groups in total. The molecule has 0 aliphatic carbocycles. The minimum absolute atomic E-state index is 0.0339. The van der Waals surface area contributed by atoms with Crippen molar-refractivity contribution < 1.29 is 4.79 Å². The van der Waals surface area contributed by atoms with Gasteiger partial charge in [-0.15, -0.1) is 0 Å². The first-order chi connectivity index (χ1) is 16.8. The summed E-state index contributed by atoms with van der Waals surface area (Å²) in [6, 6.07) is 34.2. The van der Waals surface area contributed by atoms with Crippen molar-refractivity contribution in [3.05, 3.63) is 120 Å². The van der Waals surface area contributed by atoms with Crippen LogP contribution in [0.5, 0.6) is 0 Å². The average molecular weight is 442 g/mol. The van der Waals surface area contributed by atoms with Crippen LogP contribution in [0, 0.1) is 0 Å². The number of benzene rings is 4. The number of fused-ring (bicyclic) bond motifs is 2. The summed E-state index contributed by atoms with van der Waals surface area (Å²) < 4.78 is 0. The Morgan fingerprint density at radius 1 is 0.647 bits per heavy atom. The topological polar surface area (TPSA) is 46.1 Å². The standard InChI is InChI=1S/C30H23N3O/c34-30(33-18-17-21-9-7-8-14-25(21)20-33)24-15-16-26-27(19-24)32-29(23-12-5-2-6-13-23)28(31-26)22-10-3-1-4-11-22/h1-16,19H,17-18,20H2. The highest BCUT2D eigenvalue weighted by atomic mass is 16.2. The minimum Gasteiger partial charge on any atom is -0.334 e. The summed E-state index contributed by atoms with van der Waals surface area (Å²) in [5, 5.41) is 0. The van der Waals surface area contributed by atoms with E-state index >= 15 is 0 Å². The van der Waals surface area contributed by atoms with Gasteiger partial charge < -0.3 is 4.90 Å². The van der Waals surface area contributed by atoms with Crippen molar-refractivity contribution >= 4 is 16.9 Å². The molecule has 4 aromatic carbocycles. The van der Waals surface area contributed by atoms with Gasteiger partial charge in [0.1, 0.15) is 0 Å². The van der Waals surface area contributed by atoms with E-state index in [1.165, 1.54) is 11.1 Å². The molecule has 0 unspecified atom stereocenters. The number of carbonyl (C=O) groups is 1. The maximum Gasteiger partial charge on any atom is 0.254 e. The first-order valence-corrected chi connectivity index (χ1v) is 11.5. The molecule has 1 aliphatic heterocycles. The predicted octanol–water partition coefficient (Wildman–Crippen LogP) is 6.16. The van der Waals surface area contributed by atoms with Crippen LogP contribution in [-0.4, -0.2) is 27.3 Å². The largest absolute Gasteiger partial charge is 0.334 e. The molecule has 0 spiro atoms. The predicted molar refractivity (Wildman–Crippen MR) is 135 cm³/mol. The van der Waals surface area contributed by atoms with E-state index in [1.807, 2.05) is 89.8 Å². The Bertz CT molecular complexity index is 1500. The van der Waals surface area contributed by atoms with Crippen LogP contribution in [0.4, 0.5) is 0 Å². The monoisotopic (exact) mass is 441 g/mol. The fourth-order valence-corrected chi connectivity index (χ4v) is 4.63. The van der Waals surface area contributed by atoms with Gasteiger partial charge in [-0.25, -0.2) is 9.97 Å². The van der Waals surface area contributed by atoms with Crippen molar-refractivity contribution in [3.8, 4) is 22.5 Å². The Morgan fingerprint density at radius 3 is 1.91 bits per heavy atom. The lowest BCUT2D eigenvalue weighted by atomic mass is 9.99. The highest BCUT2D eigenvalue weighted by Crippen LogP contribution is 2.31. The third kappa shape index (κ3) is 3.73. The van der Waals surface area contributed by atoms with Gasteiger partial charge in [-0.1, -0.05) is 84.9 Å². The van der Waals surface area contributed by atoms with Crippen molar-refractivity contribution in [3.63, 3.8) is 0 Å². The zero-order valence-corrected chi connectivity index (χ0v) is 18.7. The summed E-state index contributed by atoms with van der Waals surface area (Å²) in [4.78, 5) is 25.3. The molecule has 34 heavy (non-hydrogen) atoms. The van der Waals surface area contributed by atoms with Gasteiger partial charge in [0.2, 0.25) is 0 Å². The van der Waals surface area contributed by atoms with E-state index in [0.717, 1.165) is 46.5 Å². The number of hydrogen-bond acceptors (Lipinski definition) is 3. The second-order valence-corrected chi connectivity index (χ2v) is 8.60. The molecule has 2 heterocycles. The van der Waals surface area contributed by atoms with Gasteiger partial charge in [0.15, 0.2) is 0 Å². The van der Waals surface area contributed by atoms with Gasteiger partial charge in [-0.05, 0) is 35.7 Å². The molecule has 6 rings (SSSR count). The Balaban J connectivity index is 1.41. The van der Waals surface area contributed by atoms with E-state index in [0.29, 0.717) is 12.1 Å². The van der Waals surface area contributed by atoms with Gasteiger partial charge in [0.25, 0.3) is 5.91 Å². The molecule has 4 nitrogen and oxygen atoms in total. The van der Waals surface area contributed by atoms with Crippen molar-refractivity contribution in [2.45, 2.75) is 13.0 Å². The maximum absolute atomic E-state index is 13.4. The number of nitrogens with zero attached hydrogens (tertiary/aromatic N) is 3. The molecular formula is C30H23N3O. The zero-order valence-electron chi connectivity index (χ0n) is 18.7. The van der Waals surface area contributed by atoms with E-state index in [9.17, 15) is 4.79 Å². The average Bonchev–Trinajstić information content (AvgIpc) is 2.92. The third-order valence-electron chi connectivity index (χ3n) is 6.42. The molecular weight excluding hydrogens is 418 g/mol. The summed E-state index contributed by atoms with van der Waals surface area (Å²) >= 11 is 0. The summed E-state index contributed by atoms with van der Waals surface area (Å²) in [6.07, 6.45) is 0.883. The van der Waals surface area contributed by atoms with Gasteiger partial charge in [0, 0.05) is 29.8 Å². The van der Waals surface area contributed by atoms with Crippen molar-refractivity contribution in [2.75, 3.05) is 6.54 Å². The quantitative estimate of drug-likeness (QED) is 0.337. The van der Waals surface area contributed by atoms with Crippen LogP contribution >= 0.6 is 0 Å². The van der Waals surface area contributed by atoms with Crippen LogP contribution in [0.15, 0.2) is 103 Å². The van der Waals surface area contributed by atoms with Crippen LogP contribution < -0.4 is 0 Å². The van der Waals surface area contributed by atoms with Crippen molar-refractivity contribution in [2.24, 2.45) is 0 Å². The molecule has 0 fully saturated rings. The van der Waals surface area contributed by atoms with E-state index in [4.69, 9.17) is 9.97 Å². The van der Waals surface area contributed by atoms with E-state index in [2.05, 4.69) is 18.2 Å². The molecule has 0 bridgehead atoms. The van der Waals surface area contributed by atoms with Gasteiger partial charge in [-0.2, -0.15) is 0 Å². The molecule has 5 aromatic rings. The Morgan fingerprint density at radius 2 is 1.24 bits per heavy atom. The number of aromatic nitrogens is 2. The molecule has 4 heteroatoms. The normalized spacial score (nSPS) is 13.0. The van der Waals surface area contributed by atoms with Gasteiger partial charge >= 0.3 is 0 Å². The smallest absolute Gasteiger partial charge is 0.254 e. The minimum atomic E-state index is 0.0339. The zero-order chi connectivity index (χ0) is 22.9. The summed E-state index contributed by atoms with van der Waals surface area (Å²) in [6.45, 7) is 1.36. The van der Waals surface area contributed by atoms with E-state index < -0.39 is 0 Å². The fourth-order valence-electron chi connectivity index (χ4n) is 4.63. The van der Waals surface area contributed by atoms with E-state index in [-0.39, 0.29) is 5.91 Å². The Kier molecular flexibility index (Phi) is 5.11.